The van der Waals surface area contributed by atoms with Gasteiger partial charge in [0.25, 0.3) is 0 Å². The third-order valence-electron chi connectivity index (χ3n) is 5.00. The molecule has 138 valence electrons. The zero-order valence-corrected chi connectivity index (χ0v) is 15.4. The third-order valence-corrected chi connectivity index (χ3v) is 5.00. The SMILES string of the molecule is Cl.O=C(CCC1CCNC1)NCc1ccc(N2CCCCC2=O)cc1. The molecule has 1 unspecified atom stereocenters. The highest BCUT2D eigenvalue weighted by molar-refractivity contribution is 5.93. The molecule has 3 rings (SSSR count). The first-order valence-electron chi connectivity index (χ1n) is 9.09. The van der Waals surface area contributed by atoms with Crippen LogP contribution in [0.3, 0.4) is 0 Å². The Morgan fingerprint density at radius 2 is 2.04 bits per heavy atom. The highest BCUT2D eigenvalue weighted by Gasteiger charge is 2.19. The van der Waals surface area contributed by atoms with Gasteiger partial charge in [0.2, 0.25) is 11.8 Å². The lowest BCUT2D eigenvalue weighted by Gasteiger charge is -2.26. The molecule has 0 aliphatic carbocycles. The van der Waals surface area contributed by atoms with E-state index in [1.807, 2.05) is 29.2 Å². The third kappa shape index (κ3) is 5.72. The van der Waals surface area contributed by atoms with Gasteiger partial charge in [0.15, 0.2) is 0 Å². The Labute approximate surface area is 155 Å². The summed E-state index contributed by atoms with van der Waals surface area (Å²) in [5, 5.41) is 6.32. The molecular weight excluding hydrogens is 338 g/mol. The second-order valence-corrected chi connectivity index (χ2v) is 6.84. The van der Waals surface area contributed by atoms with Crippen molar-refractivity contribution in [2.45, 2.75) is 45.1 Å². The Kier molecular flexibility index (Phi) is 7.72. The van der Waals surface area contributed by atoms with Gasteiger partial charge in [-0.3, -0.25) is 9.59 Å². The highest BCUT2D eigenvalue weighted by Crippen LogP contribution is 2.21. The number of carbonyl (C=O) groups excluding carboxylic acids is 2. The Bertz CT molecular complexity index is 571. The number of piperidine rings is 1. The normalized spacial score (nSPS) is 20.2. The zero-order valence-electron chi connectivity index (χ0n) is 14.6. The summed E-state index contributed by atoms with van der Waals surface area (Å²) in [4.78, 5) is 25.7. The summed E-state index contributed by atoms with van der Waals surface area (Å²) in [6.07, 6.45) is 5.47. The Morgan fingerprint density at radius 3 is 2.72 bits per heavy atom. The van der Waals surface area contributed by atoms with E-state index in [9.17, 15) is 9.59 Å². The molecule has 2 aliphatic rings. The van der Waals surface area contributed by atoms with Crippen LogP contribution in [0.25, 0.3) is 0 Å². The summed E-state index contributed by atoms with van der Waals surface area (Å²) in [6.45, 7) is 3.49. The van der Waals surface area contributed by atoms with Gasteiger partial charge in [-0.25, -0.2) is 0 Å². The van der Waals surface area contributed by atoms with E-state index in [4.69, 9.17) is 0 Å². The van der Waals surface area contributed by atoms with E-state index in [2.05, 4.69) is 10.6 Å². The number of nitrogens with zero attached hydrogens (tertiary/aromatic N) is 1. The van der Waals surface area contributed by atoms with E-state index in [1.165, 1.54) is 6.42 Å². The minimum atomic E-state index is 0. The maximum atomic E-state index is 11.9. The van der Waals surface area contributed by atoms with Crippen LogP contribution in [0.4, 0.5) is 5.69 Å². The van der Waals surface area contributed by atoms with Crippen LogP contribution >= 0.6 is 12.4 Å². The summed E-state index contributed by atoms with van der Waals surface area (Å²) in [7, 11) is 0. The van der Waals surface area contributed by atoms with Gasteiger partial charge in [-0.05, 0) is 62.4 Å². The van der Waals surface area contributed by atoms with Crippen LogP contribution in [0.1, 0.15) is 44.1 Å². The van der Waals surface area contributed by atoms with Crippen molar-refractivity contribution in [2.24, 2.45) is 5.92 Å². The van der Waals surface area contributed by atoms with E-state index >= 15 is 0 Å². The molecule has 1 aromatic carbocycles. The Balaban J connectivity index is 0.00000225. The van der Waals surface area contributed by atoms with Crippen LogP contribution in [-0.4, -0.2) is 31.4 Å². The molecule has 2 fully saturated rings. The molecule has 0 spiro atoms. The molecule has 0 bridgehead atoms. The van der Waals surface area contributed by atoms with Crippen LogP contribution in [-0.2, 0) is 16.1 Å². The van der Waals surface area contributed by atoms with Crippen LogP contribution < -0.4 is 15.5 Å². The first-order valence-corrected chi connectivity index (χ1v) is 9.09. The van der Waals surface area contributed by atoms with Gasteiger partial charge >= 0.3 is 0 Å². The molecule has 25 heavy (non-hydrogen) atoms. The van der Waals surface area contributed by atoms with E-state index < -0.39 is 0 Å². The van der Waals surface area contributed by atoms with Crippen molar-refractivity contribution >= 4 is 29.9 Å². The summed E-state index contributed by atoms with van der Waals surface area (Å²) in [5.74, 6) is 0.984. The highest BCUT2D eigenvalue weighted by atomic mass is 35.5. The molecule has 0 radical (unpaired) electrons. The van der Waals surface area contributed by atoms with Gasteiger partial charge in [-0.2, -0.15) is 0 Å². The van der Waals surface area contributed by atoms with Gasteiger partial charge in [0.05, 0.1) is 0 Å². The minimum absolute atomic E-state index is 0. The summed E-state index contributed by atoms with van der Waals surface area (Å²) < 4.78 is 0. The zero-order chi connectivity index (χ0) is 16.8. The maximum absolute atomic E-state index is 11.9. The largest absolute Gasteiger partial charge is 0.352 e. The summed E-state index contributed by atoms with van der Waals surface area (Å²) >= 11 is 0. The monoisotopic (exact) mass is 365 g/mol. The molecule has 2 N–H and O–H groups in total. The molecule has 0 saturated carbocycles. The molecule has 5 nitrogen and oxygen atoms in total. The smallest absolute Gasteiger partial charge is 0.226 e. The topological polar surface area (TPSA) is 61.4 Å². The number of nitrogens with one attached hydrogen (secondary N) is 2. The predicted molar refractivity (Wildman–Crippen MR) is 102 cm³/mol. The van der Waals surface area contributed by atoms with Gasteiger partial charge in [0, 0.05) is 31.6 Å². The lowest BCUT2D eigenvalue weighted by atomic mass is 10.0. The van der Waals surface area contributed by atoms with Crippen molar-refractivity contribution in [2.75, 3.05) is 24.5 Å². The second kappa shape index (κ2) is 9.78. The number of hydrogen-bond donors (Lipinski definition) is 2. The van der Waals surface area contributed by atoms with Gasteiger partial charge in [-0.1, -0.05) is 12.1 Å². The average molecular weight is 366 g/mol. The van der Waals surface area contributed by atoms with Gasteiger partial charge in [0.1, 0.15) is 0 Å². The fourth-order valence-corrected chi connectivity index (χ4v) is 3.46. The Hall–Kier alpha value is -1.59. The standard InChI is InChI=1S/C19H27N3O2.ClH/c23-18(9-6-16-10-11-20-13-16)21-14-15-4-7-17(8-5-15)22-12-2-1-3-19(22)24;/h4-5,7-8,16,20H,1-3,6,9-14H2,(H,21,23);1H. The first-order chi connectivity index (χ1) is 11.7. The number of rotatable bonds is 6. The van der Waals surface area contributed by atoms with Crippen LogP contribution in [0.15, 0.2) is 24.3 Å². The fourth-order valence-electron chi connectivity index (χ4n) is 3.46. The van der Waals surface area contributed by atoms with E-state index in [0.29, 0.717) is 25.3 Å². The molecule has 2 heterocycles. The number of benzene rings is 1. The van der Waals surface area contributed by atoms with Crippen LogP contribution in [0.5, 0.6) is 0 Å². The molecule has 1 aromatic rings. The van der Waals surface area contributed by atoms with Gasteiger partial charge < -0.3 is 15.5 Å². The lowest BCUT2D eigenvalue weighted by Crippen LogP contribution is -2.35. The van der Waals surface area contributed by atoms with Crippen molar-refractivity contribution in [1.29, 1.82) is 0 Å². The number of amides is 2. The maximum Gasteiger partial charge on any atom is 0.226 e. The summed E-state index contributed by atoms with van der Waals surface area (Å²) in [5.41, 5.74) is 2.03. The van der Waals surface area contributed by atoms with Crippen molar-refractivity contribution in [3.8, 4) is 0 Å². The molecule has 2 aliphatic heterocycles. The van der Waals surface area contributed by atoms with Gasteiger partial charge in [-0.15, -0.1) is 12.4 Å². The van der Waals surface area contributed by atoms with Crippen LogP contribution in [0.2, 0.25) is 0 Å². The molecule has 1 atom stereocenters. The second-order valence-electron chi connectivity index (χ2n) is 6.84. The number of halogens is 1. The number of hydrogen-bond acceptors (Lipinski definition) is 3. The van der Waals surface area contributed by atoms with E-state index in [0.717, 1.165) is 50.1 Å². The van der Waals surface area contributed by atoms with Crippen molar-refractivity contribution < 1.29 is 9.59 Å². The molecule has 2 amide bonds. The van der Waals surface area contributed by atoms with E-state index in [1.54, 1.807) is 0 Å². The minimum Gasteiger partial charge on any atom is -0.352 e. The summed E-state index contributed by atoms with van der Waals surface area (Å²) in [6, 6.07) is 7.96. The predicted octanol–water partition coefficient (Wildman–Crippen LogP) is 2.63. The van der Waals surface area contributed by atoms with Crippen LogP contribution in [0, 0.1) is 5.92 Å². The first kappa shape index (κ1) is 19.7. The van der Waals surface area contributed by atoms with Crippen molar-refractivity contribution in [3.63, 3.8) is 0 Å². The quantitative estimate of drug-likeness (QED) is 0.814. The lowest BCUT2D eigenvalue weighted by molar-refractivity contribution is -0.121. The number of carbonyl (C=O) groups is 2. The van der Waals surface area contributed by atoms with Crippen molar-refractivity contribution in [3.05, 3.63) is 29.8 Å². The van der Waals surface area contributed by atoms with Crippen molar-refractivity contribution in [1.82, 2.24) is 10.6 Å². The molecule has 2 saturated heterocycles. The Morgan fingerprint density at radius 1 is 1.24 bits per heavy atom. The molecule has 0 aromatic heterocycles. The fraction of sp³-hybridized carbons (Fsp3) is 0.579. The number of anilines is 1. The average Bonchev–Trinajstić information content (AvgIpc) is 3.13. The van der Waals surface area contributed by atoms with E-state index in [-0.39, 0.29) is 24.2 Å². The molecular formula is C19H28ClN3O2. The molecule has 6 heteroatoms.